The number of benzene rings is 2. The molecule has 1 heterocycles. The monoisotopic (exact) mass is 342 g/mol. The third-order valence-corrected chi connectivity index (χ3v) is 3.65. The van der Waals surface area contributed by atoms with Gasteiger partial charge in [-0.15, -0.1) is 0 Å². The predicted octanol–water partition coefficient (Wildman–Crippen LogP) is 2.94. The van der Waals surface area contributed by atoms with Gasteiger partial charge in [-0.3, -0.25) is 9.59 Å². The van der Waals surface area contributed by atoms with Crippen molar-refractivity contribution in [2.75, 3.05) is 19.5 Å². The summed E-state index contributed by atoms with van der Waals surface area (Å²) >= 11 is 0. The van der Waals surface area contributed by atoms with Gasteiger partial charge in [0.05, 0.1) is 19.7 Å². The Morgan fingerprint density at radius 2 is 1.72 bits per heavy atom. The fourth-order valence-corrected chi connectivity index (χ4v) is 2.44. The van der Waals surface area contributed by atoms with E-state index in [4.69, 9.17) is 9.47 Å². The molecule has 0 unspecified atom stereocenters. The summed E-state index contributed by atoms with van der Waals surface area (Å²) in [5.41, 5.74) is 0.266. The van der Waals surface area contributed by atoms with Crippen molar-refractivity contribution in [3.63, 3.8) is 0 Å². The van der Waals surface area contributed by atoms with Crippen molar-refractivity contribution in [1.29, 1.82) is 0 Å². The van der Waals surface area contributed by atoms with Crippen LogP contribution in [0, 0.1) is 5.82 Å². The van der Waals surface area contributed by atoms with Gasteiger partial charge in [-0.05, 0) is 30.3 Å². The normalized spacial score (nSPS) is 10.5. The average Bonchev–Trinajstić information content (AvgIpc) is 2.61. The van der Waals surface area contributed by atoms with E-state index < -0.39 is 17.3 Å². The SMILES string of the molecule is COc1cc(OC)cc(C(=O)Nc2cc(F)c3[nH]c(=O)ccc3c2)c1. The molecule has 25 heavy (non-hydrogen) atoms. The van der Waals surface area contributed by atoms with Gasteiger partial charge in [0.15, 0.2) is 0 Å². The van der Waals surface area contributed by atoms with Crippen LogP contribution in [-0.2, 0) is 0 Å². The molecule has 0 atom stereocenters. The third kappa shape index (κ3) is 3.45. The number of rotatable bonds is 4. The molecule has 0 aliphatic heterocycles. The fourth-order valence-electron chi connectivity index (χ4n) is 2.44. The summed E-state index contributed by atoms with van der Waals surface area (Å²) in [4.78, 5) is 26.2. The molecule has 3 rings (SSSR count). The zero-order valence-electron chi connectivity index (χ0n) is 13.6. The Hall–Kier alpha value is -3.35. The quantitative estimate of drug-likeness (QED) is 0.764. The number of hydrogen-bond donors (Lipinski definition) is 2. The molecule has 2 aromatic carbocycles. The Kier molecular flexibility index (Phi) is 4.38. The molecule has 0 spiro atoms. The smallest absolute Gasteiger partial charge is 0.255 e. The van der Waals surface area contributed by atoms with E-state index in [2.05, 4.69) is 10.3 Å². The Morgan fingerprint density at radius 1 is 1.04 bits per heavy atom. The number of nitrogens with one attached hydrogen (secondary N) is 2. The maximum atomic E-state index is 14.2. The molecule has 0 bridgehead atoms. The number of halogens is 1. The van der Waals surface area contributed by atoms with E-state index in [0.717, 1.165) is 6.07 Å². The van der Waals surface area contributed by atoms with E-state index in [-0.39, 0.29) is 11.2 Å². The van der Waals surface area contributed by atoms with Gasteiger partial charge in [0.25, 0.3) is 5.91 Å². The van der Waals surface area contributed by atoms with Crippen LogP contribution in [-0.4, -0.2) is 25.1 Å². The van der Waals surface area contributed by atoms with E-state index in [9.17, 15) is 14.0 Å². The number of carbonyl (C=O) groups is 1. The summed E-state index contributed by atoms with van der Waals surface area (Å²) < 4.78 is 24.4. The standard InChI is InChI=1S/C18H15FN2O4/c1-24-13-6-11(7-14(9-13)25-2)18(23)20-12-5-10-3-4-16(22)21-17(10)15(19)8-12/h3-9H,1-2H3,(H,20,23)(H,21,22). The van der Waals surface area contributed by atoms with Crippen molar-refractivity contribution in [2.45, 2.75) is 0 Å². The van der Waals surface area contributed by atoms with Gasteiger partial charge < -0.3 is 19.8 Å². The third-order valence-electron chi connectivity index (χ3n) is 3.65. The first kappa shape index (κ1) is 16.5. The van der Waals surface area contributed by atoms with Crippen LogP contribution < -0.4 is 20.3 Å². The first-order chi connectivity index (χ1) is 12.0. The Bertz CT molecular complexity index is 991. The Balaban J connectivity index is 1.94. The first-order valence-corrected chi connectivity index (χ1v) is 7.37. The highest BCUT2D eigenvalue weighted by atomic mass is 19.1. The van der Waals surface area contributed by atoms with Crippen LogP contribution in [0.4, 0.5) is 10.1 Å². The molecule has 1 amide bonds. The first-order valence-electron chi connectivity index (χ1n) is 7.37. The minimum atomic E-state index is -0.631. The van der Waals surface area contributed by atoms with E-state index in [0.29, 0.717) is 22.4 Å². The van der Waals surface area contributed by atoms with Crippen molar-refractivity contribution in [3.05, 3.63) is 64.2 Å². The molecule has 0 aliphatic carbocycles. The molecule has 1 aromatic heterocycles. The molecule has 0 fully saturated rings. The van der Waals surface area contributed by atoms with Crippen LogP contribution in [0.1, 0.15) is 10.4 Å². The van der Waals surface area contributed by atoms with Gasteiger partial charge in [-0.25, -0.2) is 4.39 Å². The summed E-state index contributed by atoms with van der Waals surface area (Å²) in [6.45, 7) is 0. The van der Waals surface area contributed by atoms with Crippen LogP contribution in [0.2, 0.25) is 0 Å². The molecule has 0 saturated heterocycles. The lowest BCUT2D eigenvalue weighted by atomic mass is 10.1. The van der Waals surface area contributed by atoms with Crippen LogP contribution in [0.5, 0.6) is 11.5 Å². The summed E-state index contributed by atoms with van der Waals surface area (Å²) in [7, 11) is 2.96. The molecule has 0 radical (unpaired) electrons. The Labute approximate surface area is 142 Å². The van der Waals surface area contributed by atoms with Gasteiger partial charge >= 0.3 is 0 Å². The highest BCUT2D eigenvalue weighted by molar-refractivity contribution is 6.05. The lowest BCUT2D eigenvalue weighted by molar-refractivity contribution is 0.102. The lowest BCUT2D eigenvalue weighted by Gasteiger charge is -2.10. The zero-order chi connectivity index (χ0) is 18.0. The van der Waals surface area contributed by atoms with Gasteiger partial charge in [-0.1, -0.05) is 0 Å². The number of carbonyl (C=O) groups excluding carboxylic acids is 1. The minimum absolute atomic E-state index is 0.0912. The van der Waals surface area contributed by atoms with Gasteiger partial charge in [-0.2, -0.15) is 0 Å². The van der Waals surface area contributed by atoms with Gasteiger partial charge in [0.1, 0.15) is 17.3 Å². The maximum Gasteiger partial charge on any atom is 0.255 e. The molecular formula is C18H15FN2O4. The second-order valence-corrected chi connectivity index (χ2v) is 5.30. The summed E-state index contributed by atoms with van der Waals surface area (Å²) in [5.74, 6) is -0.146. The van der Waals surface area contributed by atoms with Gasteiger partial charge in [0.2, 0.25) is 5.56 Å². The van der Waals surface area contributed by atoms with E-state index >= 15 is 0 Å². The number of hydrogen-bond acceptors (Lipinski definition) is 4. The number of fused-ring (bicyclic) bond motifs is 1. The minimum Gasteiger partial charge on any atom is -0.497 e. The molecular weight excluding hydrogens is 327 g/mol. The molecule has 3 aromatic rings. The number of anilines is 1. The lowest BCUT2D eigenvalue weighted by Crippen LogP contribution is -2.13. The van der Waals surface area contributed by atoms with Crippen LogP contribution in [0.25, 0.3) is 10.9 Å². The fraction of sp³-hybridized carbons (Fsp3) is 0.111. The summed E-state index contributed by atoms with van der Waals surface area (Å²) in [5, 5.41) is 3.10. The van der Waals surface area contributed by atoms with Crippen molar-refractivity contribution in [1.82, 2.24) is 4.98 Å². The van der Waals surface area contributed by atoms with Crippen molar-refractivity contribution in [3.8, 4) is 11.5 Å². The molecule has 6 nitrogen and oxygen atoms in total. The molecule has 0 saturated carbocycles. The number of aromatic amines is 1. The number of H-pyrrole nitrogens is 1. The second kappa shape index (κ2) is 6.64. The Morgan fingerprint density at radius 3 is 2.36 bits per heavy atom. The maximum absolute atomic E-state index is 14.2. The van der Waals surface area contributed by atoms with Crippen LogP contribution in [0.3, 0.4) is 0 Å². The number of methoxy groups -OCH3 is 2. The average molecular weight is 342 g/mol. The number of ether oxygens (including phenoxy) is 2. The molecule has 0 aliphatic rings. The second-order valence-electron chi connectivity index (χ2n) is 5.30. The highest BCUT2D eigenvalue weighted by Gasteiger charge is 2.12. The number of pyridine rings is 1. The van der Waals surface area contributed by atoms with Crippen LogP contribution >= 0.6 is 0 Å². The largest absolute Gasteiger partial charge is 0.497 e. The molecule has 2 N–H and O–H groups in total. The zero-order valence-corrected chi connectivity index (χ0v) is 13.6. The number of amides is 1. The summed E-state index contributed by atoms with van der Waals surface area (Å²) in [6.07, 6.45) is 0. The van der Waals surface area contributed by atoms with Gasteiger partial charge in [0, 0.05) is 28.8 Å². The molecule has 7 heteroatoms. The van der Waals surface area contributed by atoms with Crippen LogP contribution in [0.15, 0.2) is 47.3 Å². The highest BCUT2D eigenvalue weighted by Crippen LogP contribution is 2.24. The topological polar surface area (TPSA) is 80.4 Å². The predicted molar refractivity (Wildman–Crippen MR) is 92.0 cm³/mol. The number of aromatic nitrogens is 1. The molecule has 128 valence electrons. The van der Waals surface area contributed by atoms with Crippen molar-refractivity contribution in [2.24, 2.45) is 0 Å². The van der Waals surface area contributed by atoms with Crippen molar-refractivity contribution < 1.29 is 18.7 Å². The van der Waals surface area contributed by atoms with E-state index in [1.54, 1.807) is 24.3 Å². The van der Waals surface area contributed by atoms with E-state index in [1.807, 2.05) is 0 Å². The van der Waals surface area contributed by atoms with Crippen molar-refractivity contribution >= 4 is 22.5 Å². The van der Waals surface area contributed by atoms with E-state index in [1.165, 1.54) is 26.4 Å². The summed E-state index contributed by atoms with van der Waals surface area (Å²) in [6, 6.07) is 10.2.